The summed E-state index contributed by atoms with van der Waals surface area (Å²) in [6.07, 6.45) is 5.48. The Balaban J connectivity index is 1.53. The molecule has 2 heterocycles. The van der Waals surface area contributed by atoms with E-state index in [2.05, 4.69) is 30.3 Å². The third-order valence-electron chi connectivity index (χ3n) is 8.75. The number of ether oxygens (including phenoxy) is 3. The van der Waals surface area contributed by atoms with Gasteiger partial charge in [-0.3, -0.25) is 9.78 Å². The Morgan fingerprint density at radius 2 is 1.73 bits per heavy atom. The van der Waals surface area contributed by atoms with Crippen LogP contribution in [0.4, 0.5) is 9.18 Å². The van der Waals surface area contributed by atoms with Crippen LogP contribution in [0.25, 0.3) is 22.2 Å². The van der Waals surface area contributed by atoms with E-state index in [9.17, 15) is 14.0 Å². The monoisotopic (exact) mass is 640 g/mol. The molecular weight excluding hydrogens is 595 g/mol. The highest BCUT2D eigenvalue weighted by Crippen LogP contribution is 2.41. The van der Waals surface area contributed by atoms with Gasteiger partial charge in [-0.2, -0.15) is 0 Å². The molecule has 0 aliphatic heterocycles. The first kappa shape index (κ1) is 32.7. The van der Waals surface area contributed by atoms with Gasteiger partial charge < -0.3 is 34.5 Å². The van der Waals surface area contributed by atoms with Gasteiger partial charge in [0.1, 0.15) is 18.0 Å². The van der Waals surface area contributed by atoms with Gasteiger partial charge in [0.05, 0.1) is 24.8 Å². The number of rotatable bonds is 13. The summed E-state index contributed by atoms with van der Waals surface area (Å²) in [6.45, 7) is 10.1. The number of nitrogens with one attached hydrogen (secondary N) is 2. The lowest BCUT2D eigenvalue weighted by atomic mass is 9.91. The van der Waals surface area contributed by atoms with Crippen LogP contribution in [0, 0.1) is 18.7 Å². The van der Waals surface area contributed by atoms with E-state index < -0.39 is 20.0 Å². The number of carboxylic acid groups (broad SMARTS) is 1. The fourth-order valence-electron chi connectivity index (χ4n) is 5.90. The van der Waals surface area contributed by atoms with Crippen LogP contribution < -0.4 is 20.1 Å². The predicted molar refractivity (Wildman–Crippen MR) is 173 cm³/mol. The van der Waals surface area contributed by atoms with Crippen molar-refractivity contribution in [2.45, 2.75) is 89.9 Å². The lowest BCUT2D eigenvalue weighted by Gasteiger charge is -2.28. The van der Waals surface area contributed by atoms with E-state index in [0.29, 0.717) is 78.4 Å². The van der Waals surface area contributed by atoms with Crippen LogP contribution >= 0.6 is 0 Å². The van der Waals surface area contributed by atoms with E-state index >= 15 is 0 Å². The number of hydrogen-bond acceptors (Lipinski definition) is 6. The van der Waals surface area contributed by atoms with Gasteiger partial charge in [-0.15, -0.1) is 0 Å². The fraction of sp³-hybridized carbons (Fsp3) is 0.545. The summed E-state index contributed by atoms with van der Waals surface area (Å²) in [6, 6.07) is 5.68. The molecule has 0 saturated heterocycles. The SMILES string of the molecule is COc1cc(-c2ccnc3c(C(=O)N[C@H]4CC[C@@H](NC(=O)O)CC4)c(C)n(COCC[Si](C)(C)C)c23)c(OCC2CC2)cc1F. The van der Waals surface area contributed by atoms with E-state index in [0.717, 1.165) is 24.4 Å². The standard InChI is InChI=1S/C33H45FN4O6Si/c1-20-29(32(39)36-22-8-10-23(11-9-22)37-33(40)41)30-31(38(20)19-43-14-15-45(3,4)5)24(12-13-35-30)25-16-28(42-2)26(34)17-27(25)44-18-21-6-7-21/h12-13,16-17,21-23,37H,6-11,14-15,18-19H2,1-5H3,(H,36,39)(H,40,41)/t22-,23+. The average molecular weight is 641 g/mol. The van der Waals surface area contributed by atoms with Crippen molar-refractivity contribution in [1.29, 1.82) is 0 Å². The number of hydrogen-bond donors (Lipinski definition) is 3. The second-order valence-electron chi connectivity index (χ2n) is 13.5. The van der Waals surface area contributed by atoms with E-state index in [-0.39, 0.29) is 30.5 Å². The summed E-state index contributed by atoms with van der Waals surface area (Å²) in [5.74, 6) is 0.236. The molecule has 2 aromatic heterocycles. The summed E-state index contributed by atoms with van der Waals surface area (Å²) >= 11 is 0. The van der Waals surface area contributed by atoms with Gasteiger partial charge in [0, 0.05) is 55.8 Å². The van der Waals surface area contributed by atoms with Gasteiger partial charge in [-0.1, -0.05) is 19.6 Å². The summed E-state index contributed by atoms with van der Waals surface area (Å²) in [5, 5.41) is 14.8. The first-order chi connectivity index (χ1) is 21.4. The number of aromatic nitrogens is 2. The number of amides is 2. The molecule has 3 N–H and O–H groups in total. The van der Waals surface area contributed by atoms with E-state index in [1.165, 1.54) is 13.2 Å². The maximum Gasteiger partial charge on any atom is 0.404 e. The summed E-state index contributed by atoms with van der Waals surface area (Å²) in [7, 11) is 0.104. The van der Waals surface area contributed by atoms with Crippen LogP contribution in [0.2, 0.25) is 25.7 Å². The molecule has 2 aliphatic carbocycles. The van der Waals surface area contributed by atoms with Crippen LogP contribution in [0.3, 0.4) is 0 Å². The average Bonchev–Trinajstić information content (AvgIpc) is 3.76. The van der Waals surface area contributed by atoms with Gasteiger partial charge in [0.25, 0.3) is 5.91 Å². The van der Waals surface area contributed by atoms with Gasteiger partial charge in [0.2, 0.25) is 0 Å². The van der Waals surface area contributed by atoms with Crippen molar-refractivity contribution in [2.24, 2.45) is 5.92 Å². The Labute approximate surface area is 264 Å². The fourth-order valence-corrected chi connectivity index (χ4v) is 6.65. The van der Waals surface area contributed by atoms with Crippen molar-refractivity contribution in [3.05, 3.63) is 41.5 Å². The second kappa shape index (κ2) is 13.8. The van der Waals surface area contributed by atoms with Gasteiger partial charge in [0.15, 0.2) is 11.6 Å². The van der Waals surface area contributed by atoms with Crippen molar-refractivity contribution in [3.8, 4) is 22.6 Å². The second-order valence-corrected chi connectivity index (χ2v) is 19.1. The molecule has 3 aromatic rings. The molecule has 5 rings (SSSR count). The minimum absolute atomic E-state index is 0.0814. The van der Waals surface area contributed by atoms with Crippen molar-refractivity contribution in [2.75, 3.05) is 20.3 Å². The van der Waals surface area contributed by atoms with Crippen LogP contribution in [0.5, 0.6) is 11.5 Å². The Bertz CT molecular complexity index is 1540. The number of carbonyl (C=O) groups is 2. The Morgan fingerprint density at radius 3 is 2.36 bits per heavy atom. The number of nitrogens with zero attached hydrogens (tertiary/aromatic N) is 2. The van der Waals surface area contributed by atoms with Gasteiger partial charge >= 0.3 is 6.09 Å². The van der Waals surface area contributed by atoms with E-state index in [4.69, 9.17) is 24.3 Å². The molecule has 2 saturated carbocycles. The highest BCUT2D eigenvalue weighted by atomic mass is 28.3. The molecule has 0 bridgehead atoms. The van der Waals surface area contributed by atoms with Crippen molar-refractivity contribution >= 4 is 31.1 Å². The maximum atomic E-state index is 14.9. The summed E-state index contributed by atoms with van der Waals surface area (Å²) in [5.41, 5.74) is 3.78. The minimum atomic E-state index is -1.33. The number of fused-ring (bicyclic) bond motifs is 1. The summed E-state index contributed by atoms with van der Waals surface area (Å²) in [4.78, 5) is 29.7. The van der Waals surface area contributed by atoms with Crippen LogP contribution in [0.15, 0.2) is 24.4 Å². The topological polar surface area (TPSA) is 124 Å². The normalized spacial score (nSPS) is 18.5. The van der Waals surface area contributed by atoms with Gasteiger partial charge in [-0.25, -0.2) is 9.18 Å². The molecule has 0 atom stereocenters. The summed E-state index contributed by atoms with van der Waals surface area (Å²) < 4.78 is 34.7. The quantitative estimate of drug-likeness (QED) is 0.143. The molecule has 10 nitrogen and oxygen atoms in total. The smallest absolute Gasteiger partial charge is 0.404 e. The molecule has 0 spiro atoms. The van der Waals surface area contributed by atoms with Crippen molar-refractivity contribution < 1.29 is 33.3 Å². The lowest BCUT2D eigenvalue weighted by molar-refractivity contribution is 0.0878. The van der Waals surface area contributed by atoms with Crippen LogP contribution in [-0.4, -0.2) is 67.1 Å². The molecule has 244 valence electrons. The third kappa shape index (κ3) is 7.96. The first-order valence-electron chi connectivity index (χ1n) is 15.8. The first-order valence-corrected chi connectivity index (χ1v) is 19.5. The molecule has 2 aliphatic rings. The molecule has 12 heteroatoms. The number of halogens is 1. The molecule has 0 unspecified atom stereocenters. The highest BCUT2D eigenvalue weighted by molar-refractivity contribution is 6.76. The zero-order valence-corrected chi connectivity index (χ0v) is 27.9. The third-order valence-corrected chi connectivity index (χ3v) is 10.5. The minimum Gasteiger partial charge on any atom is -0.494 e. The van der Waals surface area contributed by atoms with Crippen molar-refractivity contribution in [3.63, 3.8) is 0 Å². The Hall–Kier alpha value is -3.64. The predicted octanol–water partition coefficient (Wildman–Crippen LogP) is 6.57. The zero-order chi connectivity index (χ0) is 32.3. The molecule has 0 radical (unpaired) electrons. The molecule has 2 amide bonds. The number of carbonyl (C=O) groups excluding carboxylic acids is 1. The molecule has 2 fully saturated rings. The number of methoxy groups -OCH3 is 1. The van der Waals surface area contributed by atoms with E-state index in [1.54, 1.807) is 12.3 Å². The highest BCUT2D eigenvalue weighted by Gasteiger charge is 2.29. The van der Waals surface area contributed by atoms with Gasteiger partial charge in [-0.05, 0) is 69.5 Å². The Morgan fingerprint density at radius 1 is 1.04 bits per heavy atom. The van der Waals surface area contributed by atoms with Crippen LogP contribution in [0.1, 0.15) is 54.6 Å². The number of pyridine rings is 1. The Kier molecular flexibility index (Phi) is 10.0. The lowest BCUT2D eigenvalue weighted by Crippen LogP contribution is -2.43. The van der Waals surface area contributed by atoms with Crippen molar-refractivity contribution in [1.82, 2.24) is 20.2 Å². The van der Waals surface area contributed by atoms with Crippen LogP contribution in [-0.2, 0) is 11.5 Å². The molecular formula is C33H45FN4O6Si. The largest absolute Gasteiger partial charge is 0.494 e. The molecule has 1 aromatic carbocycles. The van der Waals surface area contributed by atoms with E-state index in [1.807, 2.05) is 17.6 Å². The molecule has 45 heavy (non-hydrogen) atoms. The maximum absolute atomic E-state index is 14.9. The number of benzene rings is 1. The zero-order valence-electron chi connectivity index (χ0n) is 26.9.